The number of aromatic nitrogens is 3. The fraction of sp³-hybridized carbons (Fsp3) is 0.286. The monoisotopic (exact) mass is 389 g/mol. The van der Waals surface area contributed by atoms with Gasteiger partial charge in [-0.3, -0.25) is 0 Å². The Morgan fingerprint density at radius 2 is 2.05 bits per heavy atom. The standard InChI is InChI=1S/C14H11BrF3N3S/c1-3-8-4-5-10(22-8)9-6-11(14(16,17)18)21-13(19-9)12(15)7(2)20-21/h4-6H,3H2,1-2H3. The summed E-state index contributed by atoms with van der Waals surface area (Å²) in [6.07, 6.45) is -3.66. The molecule has 0 radical (unpaired) electrons. The molecule has 0 spiro atoms. The Bertz CT molecular complexity index is 851. The van der Waals surface area contributed by atoms with Gasteiger partial charge in [0.2, 0.25) is 0 Å². The minimum absolute atomic E-state index is 0.175. The SMILES string of the molecule is CCc1ccc(-c2cc(C(F)(F)F)n3nc(C)c(Br)c3n2)s1. The van der Waals surface area contributed by atoms with E-state index in [0.29, 0.717) is 15.9 Å². The third kappa shape index (κ3) is 2.54. The minimum Gasteiger partial charge on any atom is -0.226 e. The van der Waals surface area contributed by atoms with E-state index >= 15 is 0 Å². The molecular formula is C14H11BrF3N3S. The lowest BCUT2D eigenvalue weighted by atomic mass is 10.2. The van der Waals surface area contributed by atoms with Crippen molar-refractivity contribution in [2.75, 3.05) is 0 Å². The summed E-state index contributed by atoms with van der Waals surface area (Å²) in [5, 5.41) is 3.93. The second kappa shape index (κ2) is 5.34. The Hall–Kier alpha value is -1.41. The van der Waals surface area contributed by atoms with Crippen molar-refractivity contribution in [2.45, 2.75) is 26.4 Å². The zero-order valence-electron chi connectivity index (χ0n) is 11.7. The van der Waals surface area contributed by atoms with Crippen LogP contribution in [0.4, 0.5) is 13.2 Å². The predicted molar refractivity (Wildman–Crippen MR) is 83.1 cm³/mol. The predicted octanol–water partition coefficient (Wildman–Crippen LogP) is 5.11. The van der Waals surface area contributed by atoms with E-state index in [1.54, 1.807) is 13.0 Å². The van der Waals surface area contributed by atoms with E-state index in [-0.39, 0.29) is 5.65 Å². The summed E-state index contributed by atoms with van der Waals surface area (Å²) in [7, 11) is 0. The van der Waals surface area contributed by atoms with Crippen LogP contribution in [0.3, 0.4) is 0 Å². The maximum atomic E-state index is 13.3. The van der Waals surface area contributed by atoms with Gasteiger partial charge < -0.3 is 0 Å². The summed E-state index contributed by atoms with van der Waals surface area (Å²) in [5.74, 6) is 0. The molecule has 0 aliphatic rings. The maximum Gasteiger partial charge on any atom is 0.433 e. The molecule has 3 rings (SSSR count). The van der Waals surface area contributed by atoms with Crippen LogP contribution in [0.1, 0.15) is 23.2 Å². The summed E-state index contributed by atoms with van der Waals surface area (Å²) in [6, 6.07) is 4.77. The molecule has 8 heteroatoms. The molecule has 0 aliphatic heterocycles. The van der Waals surface area contributed by atoms with Crippen LogP contribution in [0.5, 0.6) is 0 Å². The summed E-state index contributed by atoms with van der Waals surface area (Å²) in [6.45, 7) is 3.64. The van der Waals surface area contributed by atoms with Crippen molar-refractivity contribution in [3.63, 3.8) is 0 Å². The summed E-state index contributed by atoms with van der Waals surface area (Å²) >= 11 is 4.72. The Labute approximate surface area is 136 Å². The number of alkyl halides is 3. The highest BCUT2D eigenvalue weighted by Crippen LogP contribution is 2.36. The van der Waals surface area contributed by atoms with Crippen LogP contribution in [-0.4, -0.2) is 14.6 Å². The normalized spacial score (nSPS) is 12.3. The summed E-state index contributed by atoms with van der Waals surface area (Å²) in [4.78, 5) is 6.18. The van der Waals surface area contributed by atoms with Crippen LogP contribution in [0.25, 0.3) is 16.2 Å². The molecule has 0 saturated carbocycles. The number of rotatable bonds is 2. The van der Waals surface area contributed by atoms with Gasteiger partial charge in [-0.15, -0.1) is 11.3 Å². The van der Waals surface area contributed by atoms with Crippen molar-refractivity contribution in [2.24, 2.45) is 0 Å². The first-order chi connectivity index (χ1) is 10.3. The molecule has 0 bridgehead atoms. The second-order valence-corrected chi connectivity index (χ2v) is 6.74. The molecule has 3 heterocycles. The Morgan fingerprint density at radius 1 is 1.32 bits per heavy atom. The fourth-order valence-corrected chi connectivity index (χ4v) is 3.38. The molecule has 0 fully saturated rings. The number of hydrogen-bond acceptors (Lipinski definition) is 3. The van der Waals surface area contributed by atoms with Crippen LogP contribution in [0.2, 0.25) is 0 Å². The smallest absolute Gasteiger partial charge is 0.226 e. The van der Waals surface area contributed by atoms with Gasteiger partial charge in [0.05, 0.1) is 20.7 Å². The second-order valence-electron chi connectivity index (χ2n) is 4.78. The molecule has 0 amide bonds. The first-order valence-electron chi connectivity index (χ1n) is 6.53. The average Bonchev–Trinajstić information content (AvgIpc) is 3.03. The zero-order chi connectivity index (χ0) is 16.1. The van der Waals surface area contributed by atoms with E-state index in [0.717, 1.165) is 26.8 Å². The van der Waals surface area contributed by atoms with E-state index in [2.05, 4.69) is 26.0 Å². The van der Waals surface area contributed by atoms with Gasteiger partial charge in [0.1, 0.15) is 0 Å². The van der Waals surface area contributed by atoms with E-state index in [9.17, 15) is 13.2 Å². The number of halogens is 4. The lowest BCUT2D eigenvalue weighted by Crippen LogP contribution is -2.13. The van der Waals surface area contributed by atoms with Gasteiger partial charge in [0.15, 0.2) is 11.3 Å². The highest BCUT2D eigenvalue weighted by molar-refractivity contribution is 9.10. The van der Waals surface area contributed by atoms with E-state index < -0.39 is 11.9 Å². The van der Waals surface area contributed by atoms with E-state index in [1.165, 1.54) is 11.3 Å². The Balaban J connectivity index is 2.30. The number of hydrogen-bond donors (Lipinski definition) is 0. The summed E-state index contributed by atoms with van der Waals surface area (Å²) in [5.41, 5.74) is 0.127. The first kappa shape index (κ1) is 15.5. The summed E-state index contributed by atoms with van der Waals surface area (Å²) < 4.78 is 41.3. The van der Waals surface area contributed by atoms with Crippen LogP contribution in [-0.2, 0) is 12.6 Å². The van der Waals surface area contributed by atoms with Gasteiger partial charge in [-0.2, -0.15) is 18.3 Å². The molecule has 3 nitrogen and oxygen atoms in total. The van der Waals surface area contributed by atoms with Crippen molar-refractivity contribution < 1.29 is 13.2 Å². The minimum atomic E-state index is -4.50. The number of aryl methyl sites for hydroxylation is 2. The molecule has 116 valence electrons. The van der Waals surface area contributed by atoms with Crippen molar-refractivity contribution in [1.82, 2.24) is 14.6 Å². The molecule has 0 N–H and O–H groups in total. The molecule has 0 saturated heterocycles. The third-order valence-corrected chi connectivity index (χ3v) is 5.43. The molecular weight excluding hydrogens is 379 g/mol. The van der Waals surface area contributed by atoms with Crippen molar-refractivity contribution in [1.29, 1.82) is 0 Å². The van der Waals surface area contributed by atoms with Crippen LogP contribution in [0.15, 0.2) is 22.7 Å². The number of nitrogens with zero attached hydrogens (tertiary/aromatic N) is 3. The van der Waals surface area contributed by atoms with E-state index in [1.807, 2.05) is 13.0 Å². The maximum absolute atomic E-state index is 13.3. The topological polar surface area (TPSA) is 30.2 Å². The molecule has 0 unspecified atom stereocenters. The van der Waals surface area contributed by atoms with Crippen molar-refractivity contribution in [3.05, 3.63) is 38.9 Å². The lowest BCUT2D eigenvalue weighted by molar-refractivity contribution is -0.142. The van der Waals surface area contributed by atoms with Crippen LogP contribution >= 0.6 is 27.3 Å². The molecule has 0 aromatic carbocycles. The molecule has 0 atom stereocenters. The van der Waals surface area contributed by atoms with E-state index in [4.69, 9.17) is 0 Å². The largest absolute Gasteiger partial charge is 0.433 e. The van der Waals surface area contributed by atoms with Gasteiger partial charge in [-0.25, -0.2) is 9.50 Å². The zero-order valence-corrected chi connectivity index (χ0v) is 14.1. The highest BCUT2D eigenvalue weighted by atomic mass is 79.9. The molecule has 22 heavy (non-hydrogen) atoms. The van der Waals surface area contributed by atoms with Crippen LogP contribution in [0, 0.1) is 6.92 Å². The molecule has 3 aromatic rings. The van der Waals surface area contributed by atoms with Crippen molar-refractivity contribution in [3.8, 4) is 10.6 Å². The van der Waals surface area contributed by atoms with Gasteiger partial charge in [-0.1, -0.05) is 6.92 Å². The van der Waals surface area contributed by atoms with Crippen LogP contribution < -0.4 is 0 Å². The number of thiophene rings is 1. The Morgan fingerprint density at radius 3 is 2.64 bits per heavy atom. The molecule has 3 aromatic heterocycles. The Kier molecular flexibility index (Phi) is 3.76. The van der Waals surface area contributed by atoms with Gasteiger partial charge in [0, 0.05) is 4.88 Å². The molecule has 0 aliphatic carbocycles. The fourth-order valence-electron chi connectivity index (χ4n) is 2.13. The van der Waals surface area contributed by atoms with Gasteiger partial charge >= 0.3 is 6.18 Å². The third-order valence-electron chi connectivity index (χ3n) is 3.25. The quantitative estimate of drug-likeness (QED) is 0.609. The van der Waals surface area contributed by atoms with Crippen molar-refractivity contribution >= 4 is 32.9 Å². The average molecular weight is 390 g/mol. The first-order valence-corrected chi connectivity index (χ1v) is 8.14. The van der Waals surface area contributed by atoms with Gasteiger partial charge in [0.25, 0.3) is 0 Å². The number of fused-ring (bicyclic) bond motifs is 1. The van der Waals surface area contributed by atoms with Gasteiger partial charge in [-0.05, 0) is 47.5 Å². The lowest BCUT2D eigenvalue weighted by Gasteiger charge is -2.10. The highest BCUT2D eigenvalue weighted by Gasteiger charge is 2.36.